The maximum atomic E-state index is 5.31. The second-order valence-electron chi connectivity index (χ2n) is 4.30. The molecule has 3 rings (SSSR count). The molecule has 1 aliphatic heterocycles. The van der Waals surface area contributed by atoms with Gasteiger partial charge in [-0.05, 0) is 12.8 Å². The predicted octanol–water partition coefficient (Wildman–Crippen LogP) is 1.15. The van der Waals surface area contributed by atoms with Crippen LogP contribution in [0.3, 0.4) is 0 Å². The van der Waals surface area contributed by atoms with Crippen LogP contribution < -0.4 is 0 Å². The summed E-state index contributed by atoms with van der Waals surface area (Å²) in [4.78, 5) is 12.6. The first-order valence-corrected chi connectivity index (χ1v) is 6.07. The Labute approximate surface area is 104 Å². The molecule has 1 fully saturated rings. The van der Waals surface area contributed by atoms with Gasteiger partial charge in [0.25, 0.3) is 0 Å². The Kier molecular flexibility index (Phi) is 3.27. The zero-order valence-electron chi connectivity index (χ0n) is 9.95. The van der Waals surface area contributed by atoms with E-state index >= 15 is 0 Å². The molecule has 0 aliphatic carbocycles. The van der Waals surface area contributed by atoms with Gasteiger partial charge in [-0.2, -0.15) is 4.98 Å². The van der Waals surface area contributed by atoms with Crippen LogP contribution in [-0.4, -0.2) is 33.3 Å². The molecule has 1 aliphatic rings. The van der Waals surface area contributed by atoms with E-state index in [0.29, 0.717) is 24.8 Å². The lowest BCUT2D eigenvalue weighted by Gasteiger charge is -1.97. The Balaban J connectivity index is 1.60. The number of hydrogen-bond donors (Lipinski definition) is 0. The molecule has 0 saturated carbocycles. The largest absolute Gasteiger partial charge is 0.381 e. The van der Waals surface area contributed by atoms with Crippen LogP contribution in [0.2, 0.25) is 0 Å². The van der Waals surface area contributed by atoms with E-state index in [2.05, 4.69) is 20.1 Å². The van der Waals surface area contributed by atoms with E-state index in [-0.39, 0.29) is 0 Å². The fraction of sp³-hybridized carbons (Fsp3) is 0.500. The van der Waals surface area contributed by atoms with E-state index in [1.807, 2.05) is 0 Å². The van der Waals surface area contributed by atoms with Crippen molar-refractivity contribution in [3.8, 4) is 0 Å². The highest BCUT2D eigenvalue weighted by molar-refractivity contribution is 5.00. The van der Waals surface area contributed by atoms with Gasteiger partial charge in [-0.1, -0.05) is 5.16 Å². The van der Waals surface area contributed by atoms with E-state index in [1.54, 1.807) is 18.6 Å². The van der Waals surface area contributed by atoms with Gasteiger partial charge in [0.1, 0.15) is 0 Å². The van der Waals surface area contributed by atoms with Gasteiger partial charge in [-0.25, -0.2) is 0 Å². The van der Waals surface area contributed by atoms with E-state index in [4.69, 9.17) is 9.26 Å². The third-order valence-electron chi connectivity index (χ3n) is 2.99. The second-order valence-corrected chi connectivity index (χ2v) is 4.30. The Bertz CT molecular complexity index is 494. The van der Waals surface area contributed by atoms with Crippen LogP contribution in [0.4, 0.5) is 0 Å². The van der Waals surface area contributed by atoms with Crippen LogP contribution in [0, 0.1) is 0 Å². The molecule has 6 heteroatoms. The molecule has 0 spiro atoms. The number of aromatic nitrogens is 4. The summed E-state index contributed by atoms with van der Waals surface area (Å²) in [5.74, 6) is 1.71. The van der Waals surface area contributed by atoms with Crippen LogP contribution in [0.25, 0.3) is 0 Å². The molecule has 18 heavy (non-hydrogen) atoms. The fourth-order valence-corrected chi connectivity index (χ4v) is 1.97. The van der Waals surface area contributed by atoms with E-state index in [1.165, 1.54) is 0 Å². The molecular weight excluding hydrogens is 232 g/mol. The summed E-state index contributed by atoms with van der Waals surface area (Å²) >= 11 is 0. The van der Waals surface area contributed by atoms with Crippen molar-refractivity contribution < 1.29 is 9.26 Å². The Morgan fingerprint density at radius 3 is 3.06 bits per heavy atom. The zero-order chi connectivity index (χ0) is 12.2. The average molecular weight is 246 g/mol. The molecule has 0 aromatic carbocycles. The van der Waals surface area contributed by atoms with Crippen LogP contribution >= 0.6 is 0 Å². The second kappa shape index (κ2) is 5.22. The number of hydrogen-bond acceptors (Lipinski definition) is 6. The van der Waals surface area contributed by atoms with Gasteiger partial charge in [0.2, 0.25) is 5.89 Å². The van der Waals surface area contributed by atoms with Crippen LogP contribution in [-0.2, 0) is 17.6 Å². The lowest BCUT2D eigenvalue weighted by atomic mass is 10.1. The molecule has 3 heterocycles. The lowest BCUT2D eigenvalue weighted by Crippen LogP contribution is -2.00. The lowest BCUT2D eigenvalue weighted by molar-refractivity contribution is 0.192. The van der Waals surface area contributed by atoms with Crippen LogP contribution in [0.5, 0.6) is 0 Å². The topological polar surface area (TPSA) is 73.9 Å². The molecule has 1 saturated heterocycles. The Hall–Kier alpha value is -1.82. The first kappa shape index (κ1) is 11.3. The Morgan fingerprint density at radius 2 is 2.28 bits per heavy atom. The minimum absolute atomic E-state index is 0.291. The average Bonchev–Trinajstić information content (AvgIpc) is 3.08. The minimum Gasteiger partial charge on any atom is -0.381 e. The normalized spacial score (nSPS) is 19.2. The third-order valence-corrected chi connectivity index (χ3v) is 2.99. The molecule has 0 bridgehead atoms. The number of aryl methyl sites for hydroxylation is 2. The first-order chi connectivity index (χ1) is 8.92. The first-order valence-electron chi connectivity index (χ1n) is 6.07. The van der Waals surface area contributed by atoms with E-state index in [0.717, 1.165) is 31.0 Å². The van der Waals surface area contributed by atoms with Gasteiger partial charge in [-0.15, -0.1) is 0 Å². The summed E-state index contributed by atoms with van der Waals surface area (Å²) in [6, 6.07) is 0. The molecule has 2 aromatic heterocycles. The van der Waals surface area contributed by atoms with Crippen molar-refractivity contribution in [1.29, 1.82) is 0 Å². The van der Waals surface area contributed by atoms with E-state index < -0.39 is 0 Å². The monoisotopic (exact) mass is 246 g/mol. The van der Waals surface area contributed by atoms with Crippen molar-refractivity contribution in [2.45, 2.75) is 25.2 Å². The summed E-state index contributed by atoms with van der Waals surface area (Å²) in [5.41, 5.74) is 0.932. The smallest absolute Gasteiger partial charge is 0.227 e. The fourth-order valence-electron chi connectivity index (χ4n) is 1.97. The van der Waals surface area contributed by atoms with Gasteiger partial charge in [0, 0.05) is 37.5 Å². The summed E-state index contributed by atoms with van der Waals surface area (Å²) < 4.78 is 10.5. The van der Waals surface area contributed by atoms with Crippen molar-refractivity contribution in [3.63, 3.8) is 0 Å². The van der Waals surface area contributed by atoms with Gasteiger partial charge in [0.05, 0.1) is 12.3 Å². The zero-order valence-corrected chi connectivity index (χ0v) is 9.95. The number of ether oxygens (including phenoxy) is 1. The molecule has 0 N–H and O–H groups in total. The van der Waals surface area contributed by atoms with Crippen molar-refractivity contribution in [3.05, 3.63) is 36.0 Å². The standard InChI is InChI=1S/C12H14N4O2/c1(10-7-13-4-5-14-10)2-11-15-12(16-18-11)9-3-6-17-8-9/h4-5,7,9H,1-3,6,8H2. The summed E-state index contributed by atoms with van der Waals surface area (Å²) in [6.07, 6.45) is 7.53. The van der Waals surface area contributed by atoms with Gasteiger partial charge in [0.15, 0.2) is 5.82 Å². The molecule has 2 aromatic rings. The highest BCUT2D eigenvalue weighted by Gasteiger charge is 2.22. The summed E-state index contributed by atoms with van der Waals surface area (Å²) in [6.45, 7) is 1.48. The minimum atomic E-state index is 0.291. The molecule has 1 atom stereocenters. The third kappa shape index (κ3) is 2.53. The molecule has 0 radical (unpaired) electrons. The molecule has 0 amide bonds. The van der Waals surface area contributed by atoms with Gasteiger partial charge < -0.3 is 9.26 Å². The SMILES string of the molecule is c1cnc(CCc2nc(C3CCOC3)no2)cn1. The molecule has 94 valence electrons. The predicted molar refractivity (Wildman–Crippen MR) is 61.9 cm³/mol. The molecular formula is C12H14N4O2. The van der Waals surface area contributed by atoms with Crippen molar-refractivity contribution in [2.75, 3.05) is 13.2 Å². The summed E-state index contributed by atoms with van der Waals surface area (Å²) in [5, 5.41) is 4.01. The maximum Gasteiger partial charge on any atom is 0.227 e. The highest BCUT2D eigenvalue weighted by atomic mass is 16.5. The van der Waals surface area contributed by atoms with Crippen molar-refractivity contribution >= 4 is 0 Å². The van der Waals surface area contributed by atoms with Crippen molar-refractivity contribution in [2.24, 2.45) is 0 Å². The number of nitrogens with zero attached hydrogens (tertiary/aromatic N) is 4. The Morgan fingerprint density at radius 1 is 1.28 bits per heavy atom. The van der Waals surface area contributed by atoms with Crippen LogP contribution in [0.15, 0.2) is 23.1 Å². The van der Waals surface area contributed by atoms with Crippen LogP contribution in [0.1, 0.15) is 29.7 Å². The van der Waals surface area contributed by atoms with E-state index in [9.17, 15) is 0 Å². The molecule has 1 unspecified atom stereocenters. The highest BCUT2D eigenvalue weighted by Crippen LogP contribution is 2.22. The number of rotatable bonds is 4. The molecule has 6 nitrogen and oxygen atoms in total. The maximum absolute atomic E-state index is 5.31. The quantitative estimate of drug-likeness (QED) is 0.805. The summed E-state index contributed by atoms with van der Waals surface area (Å²) in [7, 11) is 0. The van der Waals surface area contributed by atoms with Crippen molar-refractivity contribution in [1.82, 2.24) is 20.1 Å². The van der Waals surface area contributed by atoms with Gasteiger partial charge >= 0.3 is 0 Å². The van der Waals surface area contributed by atoms with Gasteiger partial charge in [-0.3, -0.25) is 9.97 Å².